The van der Waals surface area contributed by atoms with E-state index < -0.39 is 51.8 Å². The largest absolute Gasteiger partial charge is 0.472 e. The Balaban J connectivity index is 4.36. The molecule has 3 atom stereocenters. The van der Waals surface area contributed by atoms with Gasteiger partial charge in [0.15, 0.2) is 6.10 Å². The highest BCUT2D eigenvalue weighted by atomic mass is 31.2. The maximum atomic E-state index is 12.6. The van der Waals surface area contributed by atoms with Crippen molar-refractivity contribution in [1.82, 2.24) is 0 Å². The van der Waals surface area contributed by atoms with Gasteiger partial charge in [-0.3, -0.25) is 18.6 Å². The molecule has 0 aliphatic heterocycles. The van der Waals surface area contributed by atoms with Crippen LogP contribution in [0.25, 0.3) is 0 Å². The first kappa shape index (κ1) is 52.9. The average molecular weight is 799 g/mol. The number of aliphatic hydroxyl groups is 2. The van der Waals surface area contributed by atoms with E-state index in [4.69, 9.17) is 19.1 Å². The molecule has 0 aliphatic rings. The zero-order valence-corrected chi connectivity index (χ0v) is 35.5. The summed E-state index contributed by atoms with van der Waals surface area (Å²) in [6.07, 6.45) is 42.2. The van der Waals surface area contributed by atoms with Crippen molar-refractivity contribution in [1.29, 1.82) is 0 Å². The van der Waals surface area contributed by atoms with Crippen LogP contribution in [-0.2, 0) is 32.7 Å². The van der Waals surface area contributed by atoms with Crippen molar-refractivity contribution < 1.29 is 47.8 Å². The second-order valence-corrected chi connectivity index (χ2v) is 15.8. The minimum atomic E-state index is -4.63. The van der Waals surface area contributed by atoms with Crippen LogP contribution in [0.1, 0.15) is 181 Å². The Morgan fingerprint density at radius 1 is 0.545 bits per heavy atom. The van der Waals surface area contributed by atoms with Crippen molar-refractivity contribution in [3.63, 3.8) is 0 Å². The van der Waals surface area contributed by atoms with E-state index in [-0.39, 0.29) is 19.4 Å². The Hall–Kier alpha value is -2.07. The first-order valence-electron chi connectivity index (χ1n) is 21.6. The molecule has 11 heteroatoms. The van der Waals surface area contributed by atoms with Crippen LogP contribution in [0.3, 0.4) is 0 Å². The van der Waals surface area contributed by atoms with Gasteiger partial charge in [-0.2, -0.15) is 0 Å². The third-order valence-electron chi connectivity index (χ3n) is 8.96. The summed E-state index contributed by atoms with van der Waals surface area (Å²) in [5.74, 6) is -0.972. The van der Waals surface area contributed by atoms with E-state index in [1.165, 1.54) is 89.9 Å². The summed E-state index contributed by atoms with van der Waals surface area (Å²) in [4.78, 5) is 35.0. The highest BCUT2D eigenvalue weighted by molar-refractivity contribution is 7.47. The molecule has 0 saturated heterocycles. The fourth-order valence-corrected chi connectivity index (χ4v) is 6.37. The molecule has 0 amide bonds. The number of unbranched alkanes of at least 4 members (excludes halogenated alkanes) is 18. The molecule has 0 aromatic carbocycles. The Morgan fingerprint density at radius 2 is 0.945 bits per heavy atom. The number of ether oxygens (including phenoxy) is 2. The van der Waals surface area contributed by atoms with Gasteiger partial charge in [0.05, 0.1) is 19.8 Å². The molecule has 0 aromatic rings. The molecule has 55 heavy (non-hydrogen) atoms. The summed E-state index contributed by atoms with van der Waals surface area (Å²) in [7, 11) is -4.63. The van der Waals surface area contributed by atoms with Crippen LogP contribution in [-0.4, -0.2) is 65.7 Å². The minimum absolute atomic E-state index is 0.173. The van der Waals surface area contributed by atoms with Gasteiger partial charge < -0.3 is 24.6 Å². The van der Waals surface area contributed by atoms with E-state index in [2.05, 4.69) is 67.0 Å². The number of carbonyl (C=O) groups excluding carboxylic acids is 2. The topological polar surface area (TPSA) is 149 Å². The standard InChI is InChI=1S/C44H79O10P/c1-3-5-7-9-11-13-15-17-19-20-22-24-26-28-30-32-34-36-44(48)54-42(40-53-55(49,50)52-38-41(46)37-45)39-51-43(47)35-33-31-29-27-25-23-21-18-16-14-12-10-8-6-4-2/h12-15,18,21,25,27,41-42,45-46H,3-11,16-17,19-20,22-24,26,28-40H2,1-2H3,(H,49,50)/b14-12+,15-13+,21-18+,27-25+/t41-,42+/m0/s1. The number of carbonyl (C=O) groups is 2. The number of rotatable bonds is 40. The van der Waals surface area contributed by atoms with E-state index in [1.54, 1.807) is 0 Å². The Labute approximate surface area is 334 Å². The van der Waals surface area contributed by atoms with Crippen LogP contribution in [0.15, 0.2) is 48.6 Å². The molecular weight excluding hydrogens is 719 g/mol. The van der Waals surface area contributed by atoms with E-state index in [0.29, 0.717) is 12.8 Å². The van der Waals surface area contributed by atoms with Crippen molar-refractivity contribution in [2.75, 3.05) is 26.4 Å². The number of phosphoric acid groups is 1. The van der Waals surface area contributed by atoms with Gasteiger partial charge >= 0.3 is 19.8 Å². The lowest BCUT2D eigenvalue weighted by Gasteiger charge is -2.20. The van der Waals surface area contributed by atoms with Crippen LogP contribution >= 0.6 is 7.82 Å². The smallest absolute Gasteiger partial charge is 0.462 e. The summed E-state index contributed by atoms with van der Waals surface area (Å²) in [6, 6.07) is 0. The molecule has 0 saturated carbocycles. The minimum Gasteiger partial charge on any atom is -0.462 e. The molecule has 0 fully saturated rings. The quantitative estimate of drug-likeness (QED) is 0.0237. The maximum absolute atomic E-state index is 12.6. The third-order valence-corrected chi connectivity index (χ3v) is 9.91. The van der Waals surface area contributed by atoms with Crippen molar-refractivity contribution in [3.05, 3.63) is 48.6 Å². The number of hydrogen-bond donors (Lipinski definition) is 3. The number of esters is 2. The summed E-state index contributed by atoms with van der Waals surface area (Å²) in [5, 5.41) is 18.3. The number of allylic oxidation sites excluding steroid dienone is 8. The molecule has 320 valence electrons. The van der Waals surface area contributed by atoms with Crippen LogP contribution in [0.4, 0.5) is 0 Å². The number of aliphatic hydroxyl groups excluding tert-OH is 2. The Kier molecular flexibility index (Phi) is 38.6. The lowest BCUT2D eigenvalue weighted by molar-refractivity contribution is -0.161. The van der Waals surface area contributed by atoms with Crippen molar-refractivity contribution in [3.8, 4) is 0 Å². The Morgan fingerprint density at radius 3 is 1.51 bits per heavy atom. The van der Waals surface area contributed by atoms with Gasteiger partial charge in [-0.1, -0.05) is 140 Å². The van der Waals surface area contributed by atoms with Gasteiger partial charge in [-0.15, -0.1) is 0 Å². The molecule has 0 spiro atoms. The van der Waals surface area contributed by atoms with E-state index in [0.717, 1.165) is 51.4 Å². The number of hydrogen-bond acceptors (Lipinski definition) is 9. The monoisotopic (exact) mass is 799 g/mol. The van der Waals surface area contributed by atoms with Crippen molar-refractivity contribution in [2.45, 2.75) is 193 Å². The molecule has 10 nitrogen and oxygen atoms in total. The summed E-state index contributed by atoms with van der Waals surface area (Å²) >= 11 is 0. The number of phosphoric ester groups is 1. The van der Waals surface area contributed by atoms with Gasteiger partial charge in [0.1, 0.15) is 12.7 Å². The fraction of sp³-hybridized carbons (Fsp3) is 0.773. The van der Waals surface area contributed by atoms with E-state index in [1.807, 2.05) is 0 Å². The molecule has 0 radical (unpaired) electrons. The first-order valence-corrected chi connectivity index (χ1v) is 23.1. The average Bonchev–Trinajstić information content (AvgIpc) is 3.17. The lowest BCUT2D eigenvalue weighted by Crippen LogP contribution is -2.29. The van der Waals surface area contributed by atoms with E-state index >= 15 is 0 Å². The molecule has 3 N–H and O–H groups in total. The molecule has 0 heterocycles. The summed E-state index contributed by atoms with van der Waals surface area (Å²) in [5.41, 5.74) is 0. The Bertz CT molecular complexity index is 1060. The highest BCUT2D eigenvalue weighted by Crippen LogP contribution is 2.43. The van der Waals surface area contributed by atoms with Crippen molar-refractivity contribution >= 4 is 19.8 Å². The molecular formula is C44H79O10P. The normalized spacial score (nSPS) is 14.3. The molecule has 1 unspecified atom stereocenters. The van der Waals surface area contributed by atoms with E-state index in [9.17, 15) is 24.2 Å². The first-order chi connectivity index (χ1) is 26.7. The van der Waals surface area contributed by atoms with Gasteiger partial charge in [-0.25, -0.2) is 4.57 Å². The van der Waals surface area contributed by atoms with Gasteiger partial charge in [-0.05, 0) is 77.0 Å². The highest BCUT2D eigenvalue weighted by Gasteiger charge is 2.27. The predicted octanol–water partition coefficient (Wildman–Crippen LogP) is 11.3. The summed E-state index contributed by atoms with van der Waals surface area (Å²) in [6.45, 7) is 2.29. The fourth-order valence-electron chi connectivity index (χ4n) is 5.58. The summed E-state index contributed by atoms with van der Waals surface area (Å²) < 4.78 is 32.7. The van der Waals surface area contributed by atoms with Crippen LogP contribution < -0.4 is 0 Å². The second-order valence-electron chi connectivity index (χ2n) is 14.4. The molecule has 0 aliphatic carbocycles. The van der Waals surface area contributed by atoms with Gasteiger partial charge in [0, 0.05) is 12.8 Å². The van der Waals surface area contributed by atoms with Gasteiger partial charge in [0.2, 0.25) is 0 Å². The molecule has 0 bridgehead atoms. The zero-order valence-electron chi connectivity index (χ0n) is 34.6. The lowest BCUT2D eigenvalue weighted by atomic mass is 10.1. The van der Waals surface area contributed by atoms with Crippen LogP contribution in [0, 0.1) is 0 Å². The zero-order chi connectivity index (χ0) is 40.5. The maximum Gasteiger partial charge on any atom is 0.472 e. The van der Waals surface area contributed by atoms with Crippen molar-refractivity contribution in [2.24, 2.45) is 0 Å². The van der Waals surface area contributed by atoms with Crippen LogP contribution in [0.2, 0.25) is 0 Å². The molecule has 0 rings (SSSR count). The SMILES string of the molecule is CCCCC/C=C/C/C=C/C/C=C/CCCCC(=O)OC[C@H](COP(=O)(O)OC[C@@H](O)CO)OC(=O)CCCCCCCCCCC/C=C/CCCCCC. The van der Waals surface area contributed by atoms with Gasteiger partial charge in [0.25, 0.3) is 0 Å². The molecule has 0 aromatic heterocycles. The predicted molar refractivity (Wildman–Crippen MR) is 224 cm³/mol. The third kappa shape index (κ3) is 39.9. The van der Waals surface area contributed by atoms with Crippen LogP contribution in [0.5, 0.6) is 0 Å². The second kappa shape index (κ2) is 40.1.